The third-order valence-corrected chi connectivity index (χ3v) is 5.99. The maximum absolute atomic E-state index is 12.3. The number of nitrogens with zero attached hydrogens (tertiary/aromatic N) is 2. The number of carbonyl (C=O) groups is 4. The summed E-state index contributed by atoms with van der Waals surface area (Å²) in [5.41, 5.74) is -0.222. The Morgan fingerprint density at radius 1 is 1.44 bits per heavy atom. The molecule has 0 spiro atoms. The summed E-state index contributed by atoms with van der Waals surface area (Å²) in [7, 11) is 0. The van der Waals surface area contributed by atoms with Crippen LogP contribution in [0.3, 0.4) is 0 Å². The van der Waals surface area contributed by atoms with Crippen LogP contribution in [0, 0.1) is 0 Å². The van der Waals surface area contributed by atoms with Crippen LogP contribution in [0.2, 0.25) is 0 Å². The third-order valence-electron chi connectivity index (χ3n) is 3.68. The van der Waals surface area contributed by atoms with Crippen LogP contribution in [-0.2, 0) is 19.2 Å². The lowest BCUT2D eigenvalue weighted by Gasteiger charge is -2.48. The fourth-order valence-electron chi connectivity index (χ4n) is 2.53. The Morgan fingerprint density at radius 3 is 2.80 bits per heavy atom. The average Bonchev–Trinajstić information content (AvgIpc) is 2.63. The Hall–Kier alpha value is -2.33. The lowest BCUT2D eigenvalue weighted by Crippen LogP contribution is -2.70. The van der Waals surface area contributed by atoms with Gasteiger partial charge < -0.3 is 10.4 Å². The highest BCUT2D eigenvalue weighted by molar-refractivity contribution is 8.00. The number of pyridine rings is 1. The van der Waals surface area contributed by atoms with Crippen LogP contribution in [0.15, 0.2) is 40.7 Å². The van der Waals surface area contributed by atoms with Crippen LogP contribution < -0.4 is 5.32 Å². The molecule has 8 nitrogen and oxygen atoms in total. The normalized spacial score (nSPS) is 22.1. The number of rotatable bonds is 6. The first-order chi connectivity index (χ1) is 12.0. The van der Waals surface area contributed by atoms with Crippen molar-refractivity contribution in [3.63, 3.8) is 0 Å². The number of aromatic nitrogens is 1. The Labute approximate surface area is 151 Å². The molecule has 1 aromatic heterocycles. The van der Waals surface area contributed by atoms with Gasteiger partial charge in [-0.3, -0.25) is 24.3 Å². The van der Waals surface area contributed by atoms with E-state index in [-0.39, 0.29) is 28.7 Å². The summed E-state index contributed by atoms with van der Waals surface area (Å²) in [5, 5.41) is 11.4. The molecule has 2 aliphatic rings. The molecule has 2 atom stereocenters. The Morgan fingerprint density at radius 2 is 2.16 bits per heavy atom. The monoisotopic (exact) mass is 379 g/mol. The number of hydrogen-bond acceptors (Lipinski definition) is 7. The molecule has 0 aromatic carbocycles. The summed E-state index contributed by atoms with van der Waals surface area (Å²) in [6.45, 7) is 0. The van der Waals surface area contributed by atoms with Gasteiger partial charge in [0.15, 0.2) is 0 Å². The van der Waals surface area contributed by atoms with E-state index >= 15 is 0 Å². The number of nitrogens with one attached hydrogen (secondary N) is 1. The molecule has 1 saturated heterocycles. The Kier molecular flexibility index (Phi) is 5.09. The standard InChI is InChI=1S/C15H13N3O5S2/c19-5-8-6-25-14-11(13(21)18(14)12(8)15(22)23)17-10(20)7-24-9-1-3-16-4-2-9/h1-5,11,14H,6-7H2,(H,17,20)(H,22,23)/t11-,14-/m1/s1. The second-order valence-corrected chi connectivity index (χ2v) is 7.38. The minimum Gasteiger partial charge on any atom is -0.477 e. The highest BCUT2D eigenvalue weighted by atomic mass is 32.2. The van der Waals surface area contributed by atoms with Crippen molar-refractivity contribution in [2.45, 2.75) is 16.3 Å². The molecule has 2 amide bonds. The van der Waals surface area contributed by atoms with E-state index in [1.165, 1.54) is 23.5 Å². The zero-order valence-corrected chi connectivity index (χ0v) is 14.4. The van der Waals surface area contributed by atoms with E-state index in [9.17, 15) is 24.3 Å². The summed E-state index contributed by atoms with van der Waals surface area (Å²) < 4.78 is 0. The lowest BCUT2D eigenvalue weighted by molar-refractivity contribution is -0.150. The van der Waals surface area contributed by atoms with Crippen LogP contribution in [-0.4, -0.2) is 62.0 Å². The molecule has 130 valence electrons. The Bertz CT molecular complexity index is 768. The van der Waals surface area contributed by atoms with Gasteiger partial charge >= 0.3 is 5.97 Å². The number of carboxylic acid groups (broad SMARTS) is 1. The number of β-lactam (4-membered cyclic amide) rings is 1. The van der Waals surface area contributed by atoms with E-state index in [0.29, 0.717) is 6.29 Å². The lowest BCUT2D eigenvalue weighted by atomic mass is 10.0. The number of fused-ring (bicyclic) bond motifs is 1. The molecule has 25 heavy (non-hydrogen) atoms. The molecule has 1 fully saturated rings. The topological polar surface area (TPSA) is 117 Å². The van der Waals surface area contributed by atoms with Crippen molar-refractivity contribution in [2.75, 3.05) is 11.5 Å². The van der Waals surface area contributed by atoms with E-state index in [1.54, 1.807) is 24.5 Å². The molecule has 2 aliphatic heterocycles. The summed E-state index contributed by atoms with van der Waals surface area (Å²) >= 11 is 2.57. The van der Waals surface area contributed by atoms with Gasteiger partial charge in [0.25, 0.3) is 5.91 Å². The SMILES string of the molecule is O=CC1=C(C(=O)O)N2C(=O)[C@@H](NC(=O)CSc3ccncc3)[C@H]2SC1. The number of thioether (sulfide) groups is 2. The third kappa shape index (κ3) is 3.40. The van der Waals surface area contributed by atoms with Gasteiger partial charge in [0.2, 0.25) is 5.91 Å². The second-order valence-electron chi connectivity index (χ2n) is 5.22. The summed E-state index contributed by atoms with van der Waals surface area (Å²) in [4.78, 5) is 52.5. The van der Waals surface area contributed by atoms with Crippen LogP contribution in [0.5, 0.6) is 0 Å². The van der Waals surface area contributed by atoms with E-state index in [2.05, 4.69) is 10.3 Å². The molecular weight excluding hydrogens is 366 g/mol. The highest BCUT2D eigenvalue weighted by Gasteiger charge is 2.54. The van der Waals surface area contributed by atoms with Crippen molar-refractivity contribution in [1.29, 1.82) is 0 Å². The van der Waals surface area contributed by atoms with Crippen molar-refractivity contribution < 1.29 is 24.3 Å². The van der Waals surface area contributed by atoms with Gasteiger partial charge in [-0.2, -0.15) is 0 Å². The van der Waals surface area contributed by atoms with Crippen molar-refractivity contribution >= 4 is 47.6 Å². The predicted octanol–water partition coefficient (Wildman–Crippen LogP) is 0.111. The quantitative estimate of drug-likeness (QED) is 0.406. The predicted molar refractivity (Wildman–Crippen MR) is 90.7 cm³/mol. The van der Waals surface area contributed by atoms with Crippen LogP contribution >= 0.6 is 23.5 Å². The van der Waals surface area contributed by atoms with E-state index in [1.807, 2.05) is 0 Å². The first-order valence-electron chi connectivity index (χ1n) is 7.21. The summed E-state index contributed by atoms with van der Waals surface area (Å²) in [6.07, 6.45) is 3.70. The first-order valence-corrected chi connectivity index (χ1v) is 9.25. The van der Waals surface area contributed by atoms with Crippen LogP contribution in [0.1, 0.15) is 0 Å². The minimum atomic E-state index is -1.32. The van der Waals surface area contributed by atoms with Gasteiger partial charge in [-0.1, -0.05) is 0 Å². The molecule has 1 aromatic rings. The number of aldehydes is 1. The fourth-order valence-corrected chi connectivity index (χ4v) is 4.52. The molecule has 0 saturated carbocycles. The molecule has 0 unspecified atom stereocenters. The van der Waals surface area contributed by atoms with Crippen molar-refractivity contribution in [3.05, 3.63) is 35.8 Å². The van der Waals surface area contributed by atoms with E-state index < -0.39 is 23.3 Å². The molecule has 3 rings (SSSR count). The zero-order valence-electron chi connectivity index (χ0n) is 12.7. The largest absolute Gasteiger partial charge is 0.477 e. The minimum absolute atomic E-state index is 0.0696. The van der Waals surface area contributed by atoms with Crippen molar-refractivity contribution in [2.24, 2.45) is 0 Å². The van der Waals surface area contributed by atoms with E-state index in [0.717, 1.165) is 9.80 Å². The van der Waals surface area contributed by atoms with Crippen LogP contribution in [0.25, 0.3) is 0 Å². The fraction of sp³-hybridized carbons (Fsp3) is 0.267. The Balaban J connectivity index is 1.62. The summed E-state index contributed by atoms with van der Waals surface area (Å²) in [6, 6.07) is 2.77. The molecule has 2 N–H and O–H groups in total. The van der Waals surface area contributed by atoms with Gasteiger partial charge in [0.05, 0.1) is 5.75 Å². The first kappa shape index (κ1) is 17.5. The molecule has 0 radical (unpaired) electrons. The number of hydrogen-bond donors (Lipinski definition) is 2. The van der Waals surface area contributed by atoms with Gasteiger partial charge in [-0.05, 0) is 12.1 Å². The van der Waals surface area contributed by atoms with Crippen LogP contribution in [0.4, 0.5) is 0 Å². The number of carbonyl (C=O) groups excluding carboxylic acids is 3. The number of aliphatic carboxylic acids is 1. The van der Waals surface area contributed by atoms with Crippen molar-refractivity contribution in [1.82, 2.24) is 15.2 Å². The van der Waals surface area contributed by atoms with Gasteiger partial charge in [-0.25, -0.2) is 4.79 Å². The number of carboxylic acids is 1. The maximum Gasteiger partial charge on any atom is 0.353 e. The molecule has 3 heterocycles. The highest BCUT2D eigenvalue weighted by Crippen LogP contribution is 2.39. The number of amides is 2. The van der Waals surface area contributed by atoms with Gasteiger partial charge in [0, 0.05) is 28.6 Å². The molecular formula is C15H13N3O5S2. The van der Waals surface area contributed by atoms with Gasteiger partial charge in [0.1, 0.15) is 23.4 Å². The maximum atomic E-state index is 12.3. The molecule has 0 aliphatic carbocycles. The summed E-state index contributed by atoms with van der Waals surface area (Å²) in [5.74, 6) is -1.83. The van der Waals surface area contributed by atoms with Gasteiger partial charge in [-0.15, -0.1) is 23.5 Å². The zero-order chi connectivity index (χ0) is 18.0. The molecule has 0 bridgehead atoms. The van der Waals surface area contributed by atoms with Crippen molar-refractivity contribution in [3.8, 4) is 0 Å². The van der Waals surface area contributed by atoms with E-state index in [4.69, 9.17) is 0 Å². The second kappa shape index (κ2) is 7.28. The average molecular weight is 379 g/mol. The molecule has 10 heteroatoms. The smallest absolute Gasteiger partial charge is 0.353 e.